The van der Waals surface area contributed by atoms with Gasteiger partial charge in [-0.25, -0.2) is 0 Å². The van der Waals surface area contributed by atoms with Crippen LogP contribution in [0.3, 0.4) is 0 Å². The summed E-state index contributed by atoms with van der Waals surface area (Å²) in [7, 11) is -5.84. The Morgan fingerprint density at radius 2 is 1.30 bits per heavy atom. The minimum Gasteiger partial charge on any atom is -0.279 e. The van der Waals surface area contributed by atoms with Gasteiger partial charge >= 0.3 is 15.6 Å². The first kappa shape index (κ1) is 26.6. The third kappa shape index (κ3) is 14.3. The molecule has 0 aliphatic heterocycles. The van der Waals surface area contributed by atoms with Crippen LogP contribution in [0.2, 0.25) is 0 Å². The van der Waals surface area contributed by atoms with Crippen molar-refractivity contribution in [2.24, 2.45) is 0 Å². The Hall–Kier alpha value is -0.350. The molecule has 0 aliphatic carbocycles. The number of aryl methyl sites for hydroxylation is 1. The van der Waals surface area contributed by atoms with Gasteiger partial charge in [0.1, 0.15) is 0 Å². The molecule has 0 heterocycles. The molecule has 0 saturated carbocycles. The van der Waals surface area contributed by atoms with E-state index in [-0.39, 0.29) is 0 Å². The zero-order valence-corrected chi connectivity index (χ0v) is 18.7. The fraction of sp³-hybridized carbons (Fsp3) is 0.684. The third-order valence-electron chi connectivity index (χ3n) is 4.05. The van der Waals surface area contributed by atoms with Gasteiger partial charge in [-0.3, -0.25) is 4.55 Å². The lowest BCUT2D eigenvalue weighted by Gasteiger charge is -2.04. The van der Waals surface area contributed by atoms with Crippen LogP contribution in [0.5, 0.6) is 0 Å². The second-order valence-electron chi connectivity index (χ2n) is 6.44. The van der Waals surface area contributed by atoms with Crippen LogP contribution in [0.1, 0.15) is 76.7 Å². The maximum atomic E-state index is 10.7. The number of hydrogen-bond donors (Lipinski definition) is 1. The summed E-state index contributed by atoms with van der Waals surface area (Å²) in [5.74, 6) is 0. The number of unbranched alkanes of at least 4 members (excludes halogenated alkanes) is 9. The molecule has 27 heavy (non-hydrogen) atoms. The van der Waals surface area contributed by atoms with Crippen LogP contribution in [0.4, 0.5) is 13.2 Å². The molecular formula is C19H30F3IO3S. The van der Waals surface area contributed by atoms with Crippen LogP contribution in [-0.2, 0) is 16.5 Å². The molecule has 0 spiro atoms. The monoisotopic (exact) mass is 522 g/mol. The molecule has 1 N–H and O–H groups in total. The second-order valence-corrected chi connectivity index (χ2v) is 9.02. The highest BCUT2D eigenvalue weighted by Crippen LogP contribution is 2.20. The molecule has 158 valence electrons. The van der Waals surface area contributed by atoms with E-state index in [0.29, 0.717) is 0 Å². The van der Waals surface area contributed by atoms with Crippen LogP contribution in [0, 0.1) is 3.57 Å². The standard InChI is InChI=1S/C18H29I.CHF3O3S/c1-2-3-4-5-6-7-8-9-10-11-14-17-15-12-13-16-18(17)19;2-1(3,4)8(5,6)7/h12-13,15-16H,2-11,14H2,1H3;(H,5,6,7). The Morgan fingerprint density at radius 1 is 0.889 bits per heavy atom. The van der Waals surface area contributed by atoms with E-state index in [9.17, 15) is 13.2 Å². The molecular weight excluding hydrogens is 492 g/mol. The summed E-state index contributed by atoms with van der Waals surface area (Å²) in [6.07, 6.45) is 15.5. The van der Waals surface area contributed by atoms with Gasteiger partial charge in [-0.05, 0) is 47.1 Å². The molecule has 0 amide bonds. The van der Waals surface area contributed by atoms with Gasteiger partial charge < -0.3 is 0 Å². The highest BCUT2D eigenvalue weighted by molar-refractivity contribution is 14.1. The van der Waals surface area contributed by atoms with Crippen LogP contribution < -0.4 is 0 Å². The number of benzene rings is 1. The van der Waals surface area contributed by atoms with Gasteiger partial charge in [0.15, 0.2) is 0 Å². The Kier molecular flexibility index (Phi) is 14.4. The third-order valence-corrected chi connectivity index (χ3v) is 5.69. The predicted octanol–water partition coefficient (Wildman–Crippen LogP) is 7.15. The molecule has 0 radical (unpaired) electrons. The maximum Gasteiger partial charge on any atom is 0.522 e. The van der Waals surface area contributed by atoms with E-state index in [0.717, 1.165) is 0 Å². The number of hydrogen-bond acceptors (Lipinski definition) is 2. The highest BCUT2D eigenvalue weighted by Gasteiger charge is 2.44. The molecule has 0 saturated heterocycles. The van der Waals surface area contributed by atoms with E-state index in [2.05, 4.69) is 53.8 Å². The zero-order valence-electron chi connectivity index (χ0n) is 15.8. The van der Waals surface area contributed by atoms with E-state index in [4.69, 9.17) is 13.0 Å². The van der Waals surface area contributed by atoms with Crippen molar-refractivity contribution in [3.8, 4) is 0 Å². The summed E-state index contributed by atoms with van der Waals surface area (Å²) in [5.41, 5.74) is -4.00. The average molecular weight is 522 g/mol. The van der Waals surface area contributed by atoms with E-state index in [1.807, 2.05) is 0 Å². The summed E-state index contributed by atoms with van der Waals surface area (Å²) < 4.78 is 59.0. The maximum absolute atomic E-state index is 10.7. The van der Waals surface area contributed by atoms with E-state index in [1.54, 1.807) is 0 Å². The van der Waals surface area contributed by atoms with Gasteiger partial charge in [0.25, 0.3) is 0 Å². The van der Waals surface area contributed by atoms with Crippen molar-refractivity contribution in [3.05, 3.63) is 33.4 Å². The second kappa shape index (κ2) is 14.6. The summed E-state index contributed by atoms with van der Waals surface area (Å²) in [5, 5.41) is 0. The first-order valence-corrected chi connectivity index (χ1v) is 11.9. The van der Waals surface area contributed by atoms with E-state index < -0.39 is 15.6 Å². The Labute approximate surface area is 175 Å². The van der Waals surface area contributed by atoms with Crippen molar-refractivity contribution >= 4 is 32.7 Å². The van der Waals surface area contributed by atoms with Gasteiger partial charge in [-0.15, -0.1) is 0 Å². The van der Waals surface area contributed by atoms with Crippen molar-refractivity contribution in [1.82, 2.24) is 0 Å². The number of halogens is 4. The Balaban J connectivity index is 0.000000713. The smallest absolute Gasteiger partial charge is 0.279 e. The minimum absolute atomic E-state index is 1.26. The van der Waals surface area contributed by atoms with Crippen molar-refractivity contribution in [2.45, 2.75) is 83.1 Å². The predicted molar refractivity (Wildman–Crippen MR) is 112 cm³/mol. The first-order chi connectivity index (χ1) is 12.6. The molecule has 0 bridgehead atoms. The van der Waals surface area contributed by atoms with Gasteiger partial charge in [-0.1, -0.05) is 82.9 Å². The van der Waals surface area contributed by atoms with Crippen LogP contribution >= 0.6 is 22.6 Å². The molecule has 3 nitrogen and oxygen atoms in total. The molecule has 0 unspecified atom stereocenters. The Morgan fingerprint density at radius 3 is 1.70 bits per heavy atom. The molecule has 1 rings (SSSR count). The fourth-order valence-electron chi connectivity index (χ4n) is 2.50. The van der Waals surface area contributed by atoms with E-state index in [1.165, 1.54) is 79.8 Å². The van der Waals surface area contributed by atoms with Gasteiger partial charge in [0, 0.05) is 3.57 Å². The summed E-state index contributed by atoms with van der Waals surface area (Å²) in [6, 6.07) is 8.78. The zero-order chi connectivity index (χ0) is 20.8. The topological polar surface area (TPSA) is 54.4 Å². The van der Waals surface area contributed by atoms with Crippen LogP contribution in [0.15, 0.2) is 24.3 Å². The first-order valence-electron chi connectivity index (χ1n) is 9.36. The molecule has 1 aromatic rings. The SMILES string of the molecule is CCCCCCCCCCCCc1ccccc1I.O=S(=O)(O)C(F)(F)F. The summed E-state index contributed by atoms with van der Waals surface area (Å²) in [4.78, 5) is 0. The lowest BCUT2D eigenvalue weighted by molar-refractivity contribution is -0.0510. The van der Waals surface area contributed by atoms with E-state index >= 15 is 0 Å². The van der Waals surface area contributed by atoms with Crippen molar-refractivity contribution < 1.29 is 26.1 Å². The molecule has 8 heteroatoms. The fourth-order valence-corrected chi connectivity index (χ4v) is 3.16. The number of alkyl halides is 3. The summed E-state index contributed by atoms with van der Waals surface area (Å²) >= 11 is 2.45. The van der Waals surface area contributed by atoms with Gasteiger partial charge in [0.05, 0.1) is 0 Å². The molecule has 0 aliphatic rings. The van der Waals surface area contributed by atoms with Gasteiger partial charge in [-0.2, -0.15) is 21.6 Å². The molecule has 0 aromatic heterocycles. The Bertz CT molecular complexity index is 604. The van der Waals surface area contributed by atoms with Crippen LogP contribution in [-0.4, -0.2) is 18.5 Å². The molecule has 0 atom stereocenters. The van der Waals surface area contributed by atoms with Crippen LogP contribution in [0.25, 0.3) is 0 Å². The molecule has 0 fully saturated rings. The lowest BCUT2D eigenvalue weighted by Crippen LogP contribution is -2.21. The largest absolute Gasteiger partial charge is 0.522 e. The highest BCUT2D eigenvalue weighted by atomic mass is 127. The summed E-state index contributed by atoms with van der Waals surface area (Å²) in [6.45, 7) is 2.29. The normalized spacial score (nSPS) is 11.8. The minimum atomic E-state index is -5.84. The van der Waals surface area contributed by atoms with Crippen molar-refractivity contribution in [1.29, 1.82) is 0 Å². The number of rotatable bonds is 11. The van der Waals surface area contributed by atoms with Gasteiger partial charge in [0.2, 0.25) is 0 Å². The average Bonchev–Trinajstić information content (AvgIpc) is 2.57. The lowest BCUT2D eigenvalue weighted by atomic mass is 10.0. The quantitative estimate of drug-likeness (QED) is 0.145. The van der Waals surface area contributed by atoms with Crippen molar-refractivity contribution in [3.63, 3.8) is 0 Å². The van der Waals surface area contributed by atoms with Crippen molar-refractivity contribution in [2.75, 3.05) is 0 Å². The molecule has 1 aromatic carbocycles.